The van der Waals surface area contributed by atoms with Crippen LogP contribution < -0.4 is 10.2 Å². The highest BCUT2D eigenvalue weighted by Gasteiger charge is 2.53. The number of hydrogen-bond acceptors (Lipinski definition) is 6. The Kier molecular flexibility index (Phi) is 9.34. The van der Waals surface area contributed by atoms with E-state index in [0.717, 1.165) is 5.69 Å². The lowest BCUT2D eigenvalue weighted by molar-refractivity contribution is -0.144. The highest BCUT2D eigenvalue weighted by atomic mass is 16.5. The van der Waals surface area contributed by atoms with Crippen LogP contribution in [-0.2, 0) is 19.1 Å². The molecule has 2 heterocycles. The molecule has 9 heteroatoms. The van der Waals surface area contributed by atoms with Crippen LogP contribution in [-0.4, -0.2) is 91.8 Å². The largest absolute Gasteiger partial charge is 0.378 e. The number of carbonyl (C=O) groups excluding carboxylic acids is 4. The summed E-state index contributed by atoms with van der Waals surface area (Å²) in [4.78, 5) is 58.2. The van der Waals surface area contributed by atoms with Gasteiger partial charge < -0.3 is 24.8 Å². The molecule has 2 fully saturated rings. The lowest BCUT2D eigenvalue weighted by Crippen LogP contribution is -2.53. The highest BCUT2D eigenvalue weighted by Crippen LogP contribution is 2.32. The van der Waals surface area contributed by atoms with E-state index in [-0.39, 0.29) is 47.9 Å². The van der Waals surface area contributed by atoms with E-state index in [1.807, 2.05) is 58.8 Å². The van der Waals surface area contributed by atoms with Crippen molar-refractivity contribution in [3.8, 4) is 0 Å². The van der Waals surface area contributed by atoms with Gasteiger partial charge in [0.15, 0.2) is 5.78 Å². The zero-order valence-corrected chi connectivity index (χ0v) is 23.2. The molecule has 3 rings (SSSR count). The Hall–Kier alpha value is -2.94. The van der Waals surface area contributed by atoms with Crippen LogP contribution in [0.1, 0.15) is 57.3 Å². The zero-order chi connectivity index (χ0) is 27.4. The molecular weight excluding hydrogens is 472 g/mol. The van der Waals surface area contributed by atoms with Crippen molar-refractivity contribution in [2.75, 3.05) is 39.2 Å². The Balaban J connectivity index is 1.75. The minimum Gasteiger partial charge on any atom is -0.378 e. The summed E-state index contributed by atoms with van der Waals surface area (Å²) in [6.45, 7) is 8.38. The summed E-state index contributed by atoms with van der Waals surface area (Å²) in [5, 5.41) is 2.91. The van der Waals surface area contributed by atoms with Gasteiger partial charge in [-0.1, -0.05) is 27.7 Å². The SMILES string of the molecule is COC(CC(C)C)C(=O)N1CC(=O)C2C1CCN2C(=O)C(CC(C)C)NC(=O)c1ccc(N(C)C)cc1. The van der Waals surface area contributed by atoms with Crippen LogP contribution in [0.4, 0.5) is 5.69 Å². The van der Waals surface area contributed by atoms with Gasteiger partial charge in [0, 0.05) is 39.0 Å². The summed E-state index contributed by atoms with van der Waals surface area (Å²) in [6.07, 6.45) is 0.937. The number of carbonyl (C=O) groups is 4. The number of nitrogens with zero attached hydrogens (tertiary/aromatic N) is 3. The number of hydrogen-bond donors (Lipinski definition) is 1. The Morgan fingerprint density at radius 2 is 1.62 bits per heavy atom. The standard InChI is InChI=1S/C28H42N4O5/c1-17(2)14-21(29-26(34)19-8-10-20(11-9-19)30(5)6)27(35)31-13-12-22-25(31)23(33)16-32(22)28(36)24(37-7)15-18(3)4/h8-11,17-18,21-22,24-25H,12-16H2,1-7H3,(H,29,34). The lowest BCUT2D eigenvalue weighted by atomic mass is 10.0. The third kappa shape index (κ3) is 6.50. The van der Waals surface area contributed by atoms with Crippen molar-refractivity contribution in [1.29, 1.82) is 0 Å². The molecule has 0 bridgehead atoms. The van der Waals surface area contributed by atoms with Gasteiger partial charge in [-0.05, 0) is 55.4 Å². The fourth-order valence-corrected chi connectivity index (χ4v) is 5.31. The molecule has 4 atom stereocenters. The van der Waals surface area contributed by atoms with Gasteiger partial charge in [-0.3, -0.25) is 19.2 Å². The first-order chi connectivity index (χ1) is 17.4. The van der Waals surface area contributed by atoms with Crippen LogP contribution in [0.5, 0.6) is 0 Å². The topological polar surface area (TPSA) is 99.3 Å². The quantitative estimate of drug-likeness (QED) is 0.515. The molecule has 204 valence electrons. The normalized spacial score (nSPS) is 20.8. The third-order valence-corrected chi connectivity index (χ3v) is 7.19. The number of likely N-dealkylation sites (tertiary alicyclic amines) is 2. The fourth-order valence-electron chi connectivity index (χ4n) is 5.31. The Morgan fingerprint density at radius 1 is 1.00 bits per heavy atom. The molecule has 1 N–H and O–H groups in total. The van der Waals surface area contributed by atoms with Gasteiger partial charge in [0.25, 0.3) is 11.8 Å². The summed E-state index contributed by atoms with van der Waals surface area (Å²) < 4.78 is 5.45. The van der Waals surface area contributed by atoms with E-state index in [9.17, 15) is 19.2 Å². The number of anilines is 1. The Morgan fingerprint density at radius 3 is 2.16 bits per heavy atom. The smallest absolute Gasteiger partial charge is 0.252 e. The maximum Gasteiger partial charge on any atom is 0.252 e. The molecule has 0 aromatic heterocycles. The monoisotopic (exact) mass is 514 g/mol. The van der Waals surface area contributed by atoms with Crippen molar-refractivity contribution in [2.45, 2.75) is 71.2 Å². The van der Waals surface area contributed by atoms with E-state index in [2.05, 4.69) is 5.32 Å². The molecule has 0 radical (unpaired) electrons. The molecule has 2 aliphatic heterocycles. The minimum absolute atomic E-state index is 0.0185. The van der Waals surface area contributed by atoms with Crippen LogP contribution in [0.25, 0.3) is 0 Å². The van der Waals surface area contributed by atoms with Gasteiger partial charge in [0.1, 0.15) is 18.2 Å². The van der Waals surface area contributed by atoms with E-state index in [0.29, 0.717) is 31.4 Å². The van der Waals surface area contributed by atoms with Gasteiger partial charge in [-0.2, -0.15) is 0 Å². The van der Waals surface area contributed by atoms with Crippen molar-refractivity contribution >= 4 is 29.2 Å². The van der Waals surface area contributed by atoms with E-state index in [1.165, 1.54) is 7.11 Å². The average molecular weight is 515 g/mol. The van der Waals surface area contributed by atoms with E-state index >= 15 is 0 Å². The van der Waals surface area contributed by atoms with Crippen molar-refractivity contribution in [2.24, 2.45) is 11.8 Å². The number of fused-ring (bicyclic) bond motifs is 1. The number of benzene rings is 1. The minimum atomic E-state index is -0.759. The van der Waals surface area contributed by atoms with Crippen LogP contribution >= 0.6 is 0 Å². The zero-order valence-electron chi connectivity index (χ0n) is 23.2. The Labute approximate surface area is 220 Å². The van der Waals surface area contributed by atoms with Gasteiger partial charge >= 0.3 is 0 Å². The molecule has 0 saturated carbocycles. The number of ether oxygens (including phenoxy) is 1. The molecule has 1 aromatic carbocycles. The molecule has 37 heavy (non-hydrogen) atoms. The van der Waals surface area contributed by atoms with Crippen LogP contribution in [0.15, 0.2) is 24.3 Å². The van der Waals surface area contributed by atoms with Gasteiger partial charge in [-0.15, -0.1) is 0 Å². The molecule has 2 saturated heterocycles. The molecule has 2 aliphatic rings. The van der Waals surface area contributed by atoms with E-state index in [4.69, 9.17) is 4.74 Å². The molecule has 4 unspecified atom stereocenters. The summed E-state index contributed by atoms with van der Waals surface area (Å²) in [5.74, 6) is -0.514. The maximum absolute atomic E-state index is 13.7. The molecular formula is C28H42N4O5. The van der Waals surface area contributed by atoms with Crippen molar-refractivity contribution in [3.63, 3.8) is 0 Å². The first-order valence-corrected chi connectivity index (χ1v) is 13.2. The number of Topliss-reactive ketones (excluding diaryl/α,β-unsaturated/α-hetero) is 1. The van der Waals surface area contributed by atoms with Crippen LogP contribution in [0.2, 0.25) is 0 Å². The number of ketones is 1. The van der Waals surface area contributed by atoms with Crippen LogP contribution in [0.3, 0.4) is 0 Å². The van der Waals surface area contributed by atoms with E-state index in [1.54, 1.807) is 21.9 Å². The summed E-state index contributed by atoms with van der Waals surface area (Å²) in [7, 11) is 5.36. The van der Waals surface area contributed by atoms with Crippen LogP contribution in [0, 0.1) is 11.8 Å². The maximum atomic E-state index is 13.7. The summed E-state index contributed by atoms with van der Waals surface area (Å²) in [6, 6.07) is 5.39. The number of rotatable bonds is 10. The number of nitrogens with one attached hydrogen (secondary N) is 1. The van der Waals surface area contributed by atoms with Crippen molar-refractivity contribution in [1.82, 2.24) is 15.1 Å². The molecule has 0 spiro atoms. The second-order valence-corrected chi connectivity index (χ2v) is 11.2. The first-order valence-electron chi connectivity index (χ1n) is 13.2. The molecule has 9 nitrogen and oxygen atoms in total. The molecule has 0 aliphatic carbocycles. The second kappa shape index (κ2) is 12.1. The van der Waals surface area contributed by atoms with E-state index < -0.39 is 18.2 Å². The van der Waals surface area contributed by atoms with Gasteiger partial charge in [-0.25, -0.2) is 0 Å². The first kappa shape index (κ1) is 28.6. The lowest BCUT2D eigenvalue weighted by Gasteiger charge is -2.30. The second-order valence-electron chi connectivity index (χ2n) is 11.2. The average Bonchev–Trinajstić information content (AvgIpc) is 3.42. The van der Waals surface area contributed by atoms with Crippen molar-refractivity contribution < 1.29 is 23.9 Å². The number of amides is 3. The van der Waals surface area contributed by atoms with Gasteiger partial charge in [0.05, 0.1) is 12.6 Å². The third-order valence-electron chi connectivity index (χ3n) is 7.19. The fraction of sp³-hybridized carbons (Fsp3) is 0.643. The van der Waals surface area contributed by atoms with Gasteiger partial charge in [0.2, 0.25) is 5.91 Å². The Bertz CT molecular complexity index is 991. The summed E-state index contributed by atoms with van der Waals surface area (Å²) in [5.41, 5.74) is 1.44. The number of methoxy groups -OCH3 is 1. The predicted octanol–water partition coefficient (Wildman–Crippen LogP) is 2.34. The van der Waals surface area contributed by atoms with Crippen molar-refractivity contribution in [3.05, 3.63) is 29.8 Å². The highest BCUT2D eigenvalue weighted by molar-refractivity contribution is 6.01. The molecule has 1 aromatic rings. The predicted molar refractivity (Wildman–Crippen MR) is 142 cm³/mol. The summed E-state index contributed by atoms with van der Waals surface area (Å²) >= 11 is 0. The molecule has 3 amide bonds.